The number of carbonyl (C=O) groups excluding carboxylic acids is 4. The number of esters is 4. The standard InChI is InChI=1S/C80H156O17P2/c1-8-10-11-12-13-14-27-35-40-49-56-63-79(84)97-76(68-91-78(83)62-55-48-43-42-46-53-60-73(7)9-2)70-95-99(88,89)93-66-74(81)65-92-98(86,87)94-69-75(96-80(85)64-57-50-41-36-31-26-22-18-16-20-24-29-33-38-45-52-59-72(5)6)67-90-77(82)61-54-47-39-34-30-25-21-17-15-19-23-28-32-37-44-51-58-71(3)4/h71-76,81H,8-70H2,1-7H3,(H,86,87)(H,88,89)/t73?,74-,75-,76-/m1/s1. The molecule has 0 radical (unpaired) electrons. The second-order valence-corrected chi connectivity index (χ2v) is 32.9. The zero-order valence-electron chi connectivity index (χ0n) is 65.0. The molecule has 0 spiro atoms. The lowest BCUT2D eigenvalue weighted by molar-refractivity contribution is -0.161. The number of aliphatic hydroxyl groups excluding tert-OH is 1. The van der Waals surface area contributed by atoms with E-state index in [9.17, 15) is 43.2 Å². The molecule has 3 N–H and O–H groups in total. The van der Waals surface area contributed by atoms with Gasteiger partial charge in [0, 0.05) is 25.7 Å². The molecular formula is C80H156O17P2. The van der Waals surface area contributed by atoms with Crippen molar-refractivity contribution < 1.29 is 80.2 Å². The highest BCUT2D eigenvalue weighted by atomic mass is 31.2. The molecule has 17 nitrogen and oxygen atoms in total. The van der Waals surface area contributed by atoms with Gasteiger partial charge in [-0.3, -0.25) is 37.3 Å². The van der Waals surface area contributed by atoms with Crippen molar-refractivity contribution in [1.82, 2.24) is 0 Å². The van der Waals surface area contributed by atoms with Gasteiger partial charge < -0.3 is 33.8 Å². The van der Waals surface area contributed by atoms with Crippen molar-refractivity contribution in [2.75, 3.05) is 39.6 Å². The molecule has 6 atom stereocenters. The van der Waals surface area contributed by atoms with Crippen LogP contribution in [0, 0.1) is 17.8 Å². The summed E-state index contributed by atoms with van der Waals surface area (Å²) in [6.45, 7) is 11.9. The van der Waals surface area contributed by atoms with Gasteiger partial charge in [0.25, 0.3) is 0 Å². The molecule has 0 rings (SSSR count). The Hall–Kier alpha value is -1.94. The van der Waals surface area contributed by atoms with E-state index in [1.165, 1.54) is 218 Å². The fourth-order valence-corrected chi connectivity index (χ4v) is 13.9. The van der Waals surface area contributed by atoms with Crippen molar-refractivity contribution >= 4 is 39.5 Å². The van der Waals surface area contributed by atoms with Gasteiger partial charge in [0.05, 0.1) is 26.4 Å². The Bertz CT molecular complexity index is 1920. The zero-order chi connectivity index (χ0) is 73.0. The van der Waals surface area contributed by atoms with Crippen LogP contribution in [0.1, 0.15) is 414 Å². The monoisotopic (exact) mass is 1450 g/mol. The van der Waals surface area contributed by atoms with Crippen molar-refractivity contribution in [3.05, 3.63) is 0 Å². The van der Waals surface area contributed by atoms with Crippen LogP contribution in [0.5, 0.6) is 0 Å². The number of ether oxygens (including phenoxy) is 4. The minimum Gasteiger partial charge on any atom is -0.462 e. The average molecular weight is 1450 g/mol. The van der Waals surface area contributed by atoms with Gasteiger partial charge in [-0.1, -0.05) is 363 Å². The fraction of sp³-hybridized carbons (Fsp3) is 0.950. The Balaban J connectivity index is 5.22. The smallest absolute Gasteiger partial charge is 0.462 e. The third-order valence-corrected chi connectivity index (χ3v) is 20.9. The SMILES string of the molecule is CCCCCCCCCCCCCC(=O)O[C@H](COC(=O)CCCCCCCCC(C)CC)COP(=O)(O)OC[C@H](O)COP(=O)(O)OC[C@@H](COC(=O)CCCCCCCCCCCCCCCCCCC(C)C)OC(=O)CCCCCCCCCCCCCCCCCCC(C)C. The van der Waals surface area contributed by atoms with E-state index in [2.05, 4.69) is 48.5 Å². The Morgan fingerprint density at radius 3 is 0.768 bits per heavy atom. The number of carbonyl (C=O) groups is 4. The number of hydrogen-bond acceptors (Lipinski definition) is 15. The van der Waals surface area contributed by atoms with E-state index in [1.54, 1.807) is 0 Å². The lowest BCUT2D eigenvalue weighted by Gasteiger charge is -2.21. The number of phosphoric ester groups is 2. The normalized spacial score (nSPS) is 14.3. The molecule has 588 valence electrons. The molecule has 0 fully saturated rings. The summed E-state index contributed by atoms with van der Waals surface area (Å²) in [5.74, 6) is 0.240. The van der Waals surface area contributed by atoms with Crippen molar-refractivity contribution in [3.8, 4) is 0 Å². The highest BCUT2D eigenvalue weighted by Gasteiger charge is 2.30. The highest BCUT2D eigenvalue weighted by Crippen LogP contribution is 2.45. The van der Waals surface area contributed by atoms with Gasteiger partial charge in [-0.25, -0.2) is 9.13 Å². The van der Waals surface area contributed by atoms with Crippen LogP contribution < -0.4 is 0 Å². The van der Waals surface area contributed by atoms with Gasteiger partial charge in [0.15, 0.2) is 12.2 Å². The van der Waals surface area contributed by atoms with Crippen LogP contribution in [-0.4, -0.2) is 96.7 Å². The van der Waals surface area contributed by atoms with Gasteiger partial charge in [-0.2, -0.15) is 0 Å². The Morgan fingerprint density at radius 1 is 0.293 bits per heavy atom. The van der Waals surface area contributed by atoms with Gasteiger partial charge in [0.1, 0.15) is 19.3 Å². The van der Waals surface area contributed by atoms with E-state index in [1.807, 2.05) is 0 Å². The van der Waals surface area contributed by atoms with Crippen molar-refractivity contribution in [1.29, 1.82) is 0 Å². The molecule has 0 aromatic rings. The molecule has 0 aliphatic heterocycles. The van der Waals surface area contributed by atoms with Crippen molar-refractivity contribution in [3.63, 3.8) is 0 Å². The van der Waals surface area contributed by atoms with Crippen molar-refractivity contribution in [2.45, 2.75) is 433 Å². The number of aliphatic hydroxyl groups is 1. The maximum absolute atomic E-state index is 13.1. The summed E-state index contributed by atoms with van der Waals surface area (Å²) in [4.78, 5) is 72.9. The first kappa shape index (κ1) is 97.1. The highest BCUT2D eigenvalue weighted by molar-refractivity contribution is 7.47. The average Bonchev–Trinajstić information content (AvgIpc) is 1.12. The van der Waals surface area contributed by atoms with Crippen LogP contribution in [0.3, 0.4) is 0 Å². The minimum atomic E-state index is -4.96. The van der Waals surface area contributed by atoms with Crippen LogP contribution in [0.4, 0.5) is 0 Å². The molecule has 0 aromatic carbocycles. The number of rotatable bonds is 78. The summed E-state index contributed by atoms with van der Waals surface area (Å²) < 4.78 is 68.6. The van der Waals surface area contributed by atoms with E-state index in [0.717, 1.165) is 114 Å². The third-order valence-electron chi connectivity index (χ3n) is 19.0. The predicted octanol–water partition coefficient (Wildman–Crippen LogP) is 23.7. The number of unbranched alkanes of at least 4 members (excludes halogenated alkanes) is 45. The summed E-state index contributed by atoms with van der Waals surface area (Å²) in [5.41, 5.74) is 0. The quantitative estimate of drug-likeness (QED) is 0.0222. The van der Waals surface area contributed by atoms with Gasteiger partial charge in [-0.05, 0) is 43.4 Å². The molecule has 0 saturated heterocycles. The largest absolute Gasteiger partial charge is 0.472 e. The maximum atomic E-state index is 13.1. The molecule has 0 aromatic heterocycles. The topological polar surface area (TPSA) is 237 Å². The molecule has 99 heavy (non-hydrogen) atoms. The van der Waals surface area contributed by atoms with E-state index in [4.69, 9.17) is 37.0 Å². The van der Waals surface area contributed by atoms with Crippen LogP contribution in [-0.2, 0) is 65.4 Å². The Morgan fingerprint density at radius 2 is 0.515 bits per heavy atom. The van der Waals surface area contributed by atoms with E-state index in [0.29, 0.717) is 25.7 Å². The predicted molar refractivity (Wildman–Crippen MR) is 405 cm³/mol. The van der Waals surface area contributed by atoms with Crippen LogP contribution in [0.25, 0.3) is 0 Å². The zero-order valence-corrected chi connectivity index (χ0v) is 66.8. The van der Waals surface area contributed by atoms with E-state index in [-0.39, 0.29) is 25.7 Å². The van der Waals surface area contributed by atoms with E-state index >= 15 is 0 Å². The first-order valence-electron chi connectivity index (χ1n) is 41.4. The molecule has 0 amide bonds. The van der Waals surface area contributed by atoms with Crippen LogP contribution >= 0.6 is 15.6 Å². The molecule has 0 bridgehead atoms. The summed E-state index contributed by atoms with van der Waals surface area (Å²) in [5, 5.41) is 10.6. The van der Waals surface area contributed by atoms with Gasteiger partial charge >= 0.3 is 39.5 Å². The summed E-state index contributed by atoms with van der Waals surface area (Å²) >= 11 is 0. The minimum absolute atomic E-state index is 0.106. The lowest BCUT2D eigenvalue weighted by Crippen LogP contribution is -2.30. The fourth-order valence-electron chi connectivity index (χ4n) is 12.3. The Kier molecular flexibility index (Phi) is 69.0. The van der Waals surface area contributed by atoms with Gasteiger partial charge in [-0.15, -0.1) is 0 Å². The van der Waals surface area contributed by atoms with Crippen LogP contribution in [0.2, 0.25) is 0 Å². The Labute approximate surface area is 607 Å². The molecule has 0 aliphatic carbocycles. The van der Waals surface area contributed by atoms with E-state index < -0.39 is 97.5 Å². The van der Waals surface area contributed by atoms with Gasteiger partial charge in [0.2, 0.25) is 0 Å². The lowest BCUT2D eigenvalue weighted by atomic mass is 10.00. The third kappa shape index (κ3) is 72.8. The second kappa shape index (κ2) is 70.4. The van der Waals surface area contributed by atoms with Crippen LogP contribution in [0.15, 0.2) is 0 Å². The molecule has 0 aliphatic rings. The molecule has 0 heterocycles. The summed E-state index contributed by atoms with van der Waals surface area (Å²) in [6, 6.07) is 0. The number of hydrogen-bond donors (Lipinski definition) is 3. The summed E-state index contributed by atoms with van der Waals surface area (Å²) in [6.07, 6.45) is 58.3. The first-order chi connectivity index (χ1) is 47.8. The number of phosphoric acid groups is 2. The first-order valence-corrected chi connectivity index (χ1v) is 44.4. The second-order valence-electron chi connectivity index (χ2n) is 30.0. The molecule has 19 heteroatoms. The molecule has 0 saturated carbocycles. The summed E-state index contributed by atoms with van der Waals surface area (Å²) in [7, 11) is -9.92. The molecular weight excluding hydrogens is 1290 g/mol. The van der Waals surface area contributed by atoms with Crippen molar-refractivity contribution in [2.24, 2.45) is 17.8 Å². The maximum Gasteiger partial charge on any atom is 0.472 e. The molecule has 3 unspecified atom stereocenters.